The Morgan fingerprint density at radius 1 is 1.15 bits per heavy atom. The van der Waals surface area contributed by atoms with Crippen molar-refractivity contribution >= 4 is 5.69 Å². The van der Waals surface area contributed by atoms with Gasteiger partial charge < -0.3 is 5.32 Å². The van der Waals surface area contributed by atoms with E-state index >= 15 is 0 Å². The lowest BCUT2D eigenvalue weighted by Crippen LogP contribution is -2.39. The van der Waals surface area contributed by atoms with Gasteiger partial charge in [0.1, 0.15) is 0 Å². The van der Waals surface area contributed by atoms with Crippen LogP contribution in [-0.2, 0) is 13.0 Å². The molecule has 0 radical (unpaired) electrons. The van der Waals surface area contributed by atoms with Crippen LogP contribution in [0, 0.1) is 5.41 Å². The van der Waals surface area contributed by atoms with Crippen LogP contribution >= 0.6 is 0 Å². The highest BCUT2D eigenvalue weighted by Crippen LogP contribution is 2.38. The molecule has 0 aliphatic carbocycles. The molecule has 0 atom stereocenters. The summed E-state index contributed by atoms with van der Waals surface area (Å²) >= 11 is 0. The van der Waals surface area contributed by atoms with Crippen molar-refractivity contribution in [3.63, 3.8) is 0 Å². The third kappa shape index (κ3) is 2.58. The number of anilines is 1. The molecule has 0 bridgehead atoms. The molecular formula is C18H28N2. The third-order valence-corrected chi connectivity index (χ3v) is 5.74. The van der Waals surface area contributed by atoms with Crippen LogP contribution in [0.1, 0.15) is 50.7 Å². The summed E-state index contributed by atoms with van der Waals surface area (Å²) in [6.07, 6.45) is 6.64. The molecule has 1 N–H and O–H groups in total. The number of nitrogens with zero attached hydrogens (tertiary/aromatic N) is 1. The molecule has 0 amide bonds. The molecule has 2 heteroatoms. The maximum atomic E-state index is 3.57. The molecule has 0 unspecified atom stereocenters. The van der Waals surface area contributed by atoms with E-state index in [1.54, 1.807) is 0 Å². The third-order valence-electron chi connectivity index (χ3n) is 5.74. The lowest BCUT2D eigenvalue weighted by Gasteiger charge is -2.41. The molecule has 1 saturated heterocycles. The summed E-state index contributed by atoms with van der Waals surface area (Å²) in [4.78, 5) is 2.65. The van der Waals surface area contributed by atoms with Crippen molar-refractivity contribution in [3.05, 3.63) is 29.3 Å². The molecule has 2 heterocycles. The van der Waals surface area contributed by atoms with Gasteiger partial charge in [0.15, 0.2) is 0 Å². The average molecular weight is 272 g/mol. The minimum Gasteiger partial charge on any atom is -0.384 e. The monoisotopic (exact) mass is 272 g/mol. The Labute approximate surface area is 123 Å². The first-order valence-corrected chi connectivity index (χ1v) is 8.33. The summed E-state index contributed by atoms with van der Waals surface area (Å²) < 4.78 is 0. The summed E-state index contributed by atoms with van der Waals surface area (Å²) in [5, 5.41) is 3.57. The van der Waals surface area contributed by atoms with E-state index < -0.39 is 0 Å². The Morgan fingerprint density at radius 2 is 1.90 bits per heavy atom. The Hall–Kier alpha value is -1.02. The minimum absolute atomic E-state index is 0.632. The van der Waals surface area contributed by atoms with Crippen LogP contribution in [0.4, 0.5) is 5.69 Å². The van der Waals surface area contributed by atoms with Crippen LogP contribution in [0.2, 0.25) is 0 Å². The second-order valence-electron chi connectivity index (χ2n) is 6.61. The van der Waals surface area contributed by atoms with Gasteiger partial charge in [0.25, 0.3) is 0 Å². The van der Waals surface area contributed by atoms with E-state index in [-0.39, 0.29) is 0 Å². The van der Waals surface area contributed by atoms with E-state index in [1.165, 1.54) is 62.0 Å². The van der Waals surface area contributed by atoms with Gasteiger partial charge in [0.2, 0.25) is 0 Å². The second-order valence-corrected chi connectivity index (χ2v) is 6.61. The van der Waals surface area contributed by atoms with Crippen molar-refractivity contribution < 1.29 is 0 Å². The fourth-order valence-corrected chi connectivity index (χ4v) is 3.93. The highest BCUT2D eigenvalue weighted by molar-refractivity contribution is 5.61. The molecule has 110 valence electrons. The predicted octanol–water partition coefficient (Wildman–Crippen LogP) is 4.06. The zero-order valence-corrected chi connectivity index (χ0v) is 13.0. The van der Waals surface area contributed by atoms with Crippen LogP contribution in [0.5, 0.6) is 0 Å². The number of piperidine rings is 1. The standard InChI is InChI=1S/C18H28N2/c1-3-18(4-2)9-12-20(13-10-18)14-16-7-5-6-15-8-11-19-17(15)16/h5-7,19H,3-4,8-14H2,1-2H3. The number of hydrogen-bond donors (Lipinski definition) is 1. The Bertz CT molecular complexity index is 452. The SMILES string of the molecule is CCC1(CC)CCN(Cc2cccc3c2NCC3)CC1. The maximum Gasteiger partial charge on any atom is 0.0419 e. The minimum atomic E-state index is 0.632. The number of fused-ring (bicyclic) bond motifs is 1. The molecule has 0 spiro atoms. The van der Waals surface area contributed by atoms with Crippen LogP contribution in [0.3, 0.4) is 0 Å². The first-order chi connectivity index (χ1) is 9.76. The Morgan fingerprint density at radius 3 is 2.60 bits per heavy atom. The molecule has 20 heavy (non-hydrogen) atoms. The van der Waals surface area contributed by atoms with Gasteiger partial charge in [-0.2, -0.15) is 0 Å². The smallest absolute Gasteiger partial charge is 0.0419 e. The van der Waals surface area contributed by atoms with Gasteiger partial charge >= 0.3 is 0 Å². The number of benzene rings is 1. The zero-order chi connectivity index (χ0) is 14.0. The zero-order valence-electron chi connectivity index (χ0n) is 13.0. The van der Waals surface area contributed by atoms with Crippen LogP contribution in [-0.4, -0.2) is 24.5 Å². The summed E-state index contributed by atoms with van der Waals surface area (Å²) in [7, 11) is 0. The fourth-order valence-electron chi connectivity index (χ4n) is 3.93. The number of hydrogen-bond acceptors (Lipinski definition) is 2. The normalized spacial score (nSPS) is 21.5. The van der Waals surface area contributed by atoms with E-state index in [4.69, 9.17) is 0 Å². The molecule has 1 aromatic rings. The predicted molar refractivity (Wildman–Crippen MR) is 86.2 cm³/mol. The molecular weight excluding hydrogens is 244 g/mol. The largest absolute Gasteiger partial charge is 0.384 e. The van der Waals surface area contributed by atoms with Crippen molar-refractivity contribution in [2.45, 2.75) is 52.5 Å². The van der Waals surface area contributed by atoms with Gasteiger partial charge in [-0.15, -0.1) is 0 Å². The number of rotatable bonds is 4. The van der Waals surface area contributed by atoms with E-state index in [2.05, 4.69) is 42.3 Å². The Balaban J connectivity index is 1.65. The fraction of sp³-hybridized carbons (Fsp3) is 0.667. The summed E-state index contributed by atoms with van der Waals surface area (Å²) in [5.41, 5.74) is 5.07. The van der Waals surface area contributed by atoms with Crippen molar-refractivity contribution in [2.75, 3.05) is 25.0 Å². The molecule has 3 rings (SSSR count). The van der Waals surface area contributed by atoms with Crippen LogP contribution in [0.15, 0.2) is 18.2 Å². The van der Waals surface area contributed by atoms with Crippen molar-refractivity contribution in [1.82, 2.24) is 4.90 Å². The highest BCUT2D eigenvalue weighted by atomic mass is 15.1. The highest BCUT2D eigenvalue weighted by Gasteiger charge is 2.31. The van der Waals surface area contributed by atoms with Crippen LogP contribution in [0.25, 0.3) is 0 Å². The van der Waals surface area contributed by atoms with Crippen molar-refractivity contribution in [1.29, 1.82) is 0 Å². The van der Waals surface area contributed by atoms with E-state index in [1.807, 2.05) is 0 Å². The van der Waals surface area contributed by atoms with Crippen molar-refractivity contribution in [3.8, 4) is 0 Å². The van der Waals surface area contributed by atoms with E-state index in [9.17, 15) is 0 Å². The number of nitrogens with one attached hydrogen (secondary N) is 1. The Kier molecular flexibility index (Phi) is 4.02. The topological polar surface area (TPSA) is 15.3 Å². The molecule has 2 aliphatic heterocycles. The van der Waals surface area contributed by atoms with Gasteiger partial charge in [-0.1, -0.05) is 44.9 Å². The first-order valence-electron chi connectivity index (χ1n) is 8.33. The maximum absolute atomic E-state index is 3.57. The summed E-state index contributed by atoms with van der Waals surface area (Å²) in [5.74, 6) is 0. The number of para-hydroxylation sites is 1. The summed E-state index contributed by atoms with van der Waals surface area (Å²) in [6, 6.07) is 6.81. The molecule has 1 aromatic carbocycles. The quantitative estimate of drug-likeness (QED) is 0.889. The molecule has 2 nitrogen and oxygen atoms in total. The lowest BCUT2D eigenvalue weighted by atomic mass is 9.74. The molecule has 1 fully saturated rings. The van der Waals surface area contributed by atoms with Crippen LogP contribution < -0.4 is 5.32 Å². The van der Waals surface area contributed by atoms with Gasteiger partial charge in [-0.25, -0.2) is 0 Å². The molecule has 2 aliphatic rings. The lowest BCUT2D eigenvalue weighted by molar-refractivity contribution is 0.0910. The van der Waals surface area contributed by atoms with E-state index in [0.717, 1.165) is 13.1 Å². The molecule has 0 aromatic heterocycles. The van der Waals surface area contributed by atoms with E-state index in [0.29, 0.717) is 5.41 Å². The van der Waals surface area contributed by atoms with Gasteiger partial charge in [-0.3, -0.25) is 4.90 Å². The number of likely N-dealkylation sites (tertiary alicyclic amines) is 1. The second kappa shape index (κ2) is 5.77. The first kappa shape index (κ1) is 13.9. The van der Waals surface area contributed by atoms with Crippen molar-refractivity contribution in [2.24, 2.45) is 5.41 Å². The van der Waals surface area contributed by atoms with Gasteiger partial charge in [0, 0.05) is 18.8 Å². The molecule has 0 saturated carbocycles. The average Bonchev–Trinajstić information content (AvgIpc) is 2.98. The van der Waals surface area contributed by atoms with Gasteiger partial charge in [-0.05, 0) is 48.9 Å². The summed E-state index contributed by atoms with van der Waals surface area (Å²) in [6.45, 7) is 9.51. The van der Waals surface area contributed by atoms with Gasteiger partial charge in [0.05, 0.1) is 0 Å².